The zero-order chi connectivity index (χ0) is 80.0. The topological polar surface area (TPSA) is 324 Å². The number of rotatable bonds is 39. The van der Waals surface area contributed by atoms with Gasteiger partial charge in [0.15, 0.2) is 17.1 Å². The quantitative estimate of drug-likeness (QED) is 0.00330. The van der Waals surface area contributed by atoms with E-state index in [1.54, 1.807) is 56.3 Å². The lowest BCUT2D eigenvalue weighted by Crippen LogP contribution is -2.62. The lowest BCUT2D eigenvalue weighted by Gasteiger charge is -2.30. The lowest BCUT2D eigenvalue weighted by molar-refractivity contribution is -0.140. The standard InChI is InChI=1S/C86H109N9O14Si/c1-53(2)44-71(95-83(105)86(58(8)96)38-21-39-90-86)79(101)89-51-75(98)91-69(37-32-59-22-15-14-16-23-59)80(102)94-73(48-60-30-35-63(36-31-60)107-42-43-110(11,12)13)82(104)93-72(45-54(3)4)81(103)92-70-47-55(5)46-56(6)77(70)85(9,10)50-76(99)109-57(7)78(100)62-33-28-61(29-34-62)49-74(97)87-40-41-88-84(106)108-52-68-66-26-19-17-24-64(66)65-25-18-20-27-67(65)68/h14-20,22-31,33-36,46-47,53-54,68-69,71-73,90H,7,21,32,37-45,48-52H2,1-6,8-13H3,(H,87,97)(H,88,106)(H,89,101)(H,91,98)(H,92,103)(H,93,104)(H,94,102)(H,95,105)/t69-,71-,72-,73-,86-/m0/s1. The number of hydrogen-bond acceptors (Lipinski definition) is 15. The molecule has 1 aliphatic carbocycles. The number of benzene rings is 6. The number of ether oxygens (including phenoxy) is 3. The predicted octanol–water partition coefficient (Wildman–Crippen LogP) is 10.5. The largest absolute Gasteiger partial charge is 0.494 e. The SMILES string of the molecule is C=C(OC(=O)CC(C)(C)c1c(C)cc(C)cc1NC(=O)[C@H](CC(C)C)NC(=O)[C@H](Cc1ccc(OCC[Si](C)(C)C)cc1)NC(=O)[C@H](CCc1ccccc1)NC(=O)CNC(=O)[C@H](CC(C)C)NC(=O)[C@@]1(C(C)=O)CCCN1)C(=O)c1ccc(CC(=O)NCCNC(=O)OCC2c3ccccc3-c3ccccc32)cc1. The van der Waals surface area contributed by atoms with Gasteiger partial charge < -0.3 is 56.7 Å². The molecule has 1 saturated heterocycles. The molecule has 0 aromatic heterocycles. The van der Waals surface area contributed by atoms with Crippen molar-refractivity contribution >= 4 is 78.7 Å². The van der Waals surface area contributed by atoms with Crippen LogP contribution < -0.4 is 52.6 Å². The third-order valence-corrected chi connectivity index (χ3v) is 21.4. The molecule has 9 N–H and O–H groups in total. The monoisotopic (exact) mass is 1520 g/mol. The summed E-state index contributed by atoms with van der Waals surface area (Å²) >= 11 is 0. The number of carbonyl (C=O) groups excluding carboxylic acids is 11. The van der Waals surface area contributed by atoms with Crippen molar-refractivity contribution in [2.45, 2.75) is 187 Å². The Morgan fingerprint density at radius 3 is 1.84 bits per heavy atom. The van der Waals surface area contributed by atoms with Crippen LogP contribution in [0.2, 0.25) is 25.7 Å². The lowest BCUT2D eigenvalue weighted by atomic mass is 9.77. The summed E-state index contributed by atoms with van der Waals surface area (Å²) in [6.45, 7) is 27.6. The Balaban J connectivity index is 0.903. The Hall–Kier alpha value is -10.6. The van der Waals surface area contributed by atoms with Crippen molar-refractivity contribution in [3.05, 3.63) is 202 Å². The van der Waals surface area contributed by atoms with Gasteiger partial charge in [0.05, 0.1) is 26.0 Å². The first-order valence-electron chi connectivity index (χ1n) is 38.0. The molecular formula is C86H109N9O14Si. The summed E-state index contributed by atoms with van der Waals surface area (Å²) < 4.78 is 17.3. The van der Waals surface area contributed by atoms with E-state index in [4.69, 9.17) is 14.2 Å². The van der Waals surface area contributed by atoms with Gasteiger partial charge >= 0.3 is 12.1 Å². The van der Waals surface area contributed by atoms with Crippen LogP contribution in [0.3, 0.4) is 0 Å². The van der Waals surface area contributed by atoms with Gasteiger partial charge in [0, 0.05) is 50.2 Å². The fraction of sp³-hybridized carbons (Fsp3) is 0.430. The van der Waals surface area contributed by atoms with Crippen molar-refractivity contribution in [1.82, 2.24) is 42.5 Å². The maximum Gasteiger partial charge on any atom is 0.407 e. The predicted molar refractivity (Wildman–Crippen MR) is 427 cm³/mol. The molecule has 2 aliphatic rings. The Morgan fingerprint density at radius 2 is 1.23 bits per heavy atom. The molecule has 0 unspecified atom stereocenters. The van der Waals surface area contributed by atoms with Crippen molar-refractivity contribution in [1.29, 1.82) is 0 Å². The first-order chi connectivity index (χ1) is 52.2. The fourth-order valence-corrected chi connectivity index (χ4v) is 14.8. The normalized spacial score (nSPS) is 15.0. The Kier molecular flexibility index (Phi) is 30.3. The van der Waals surface area contributed by atoms with Crippen molar-refractivity contribution < 1.29 is 67.0 Å². The number of nitrogens with one attached hydrogen (secondary N) is 9. The molecule has 586 valence electrons. The molecule has 0 saturated carbocycles. The van der Waals surface area contributed by atoms with Crippen LogP contribution in [0.5, 0.6) is 5.75 Å². The van der Waals surface area contributed by atoms with E-state index in [2.05, 4.69) is 86.2 Å². The number of allylic oxidation sites excluding steroid dienone is 1. The Morgan fingerprint density at radius 1 is 0.636 bits per heavy atom. The van der Waals surface area contributed by atoms with Crippen molar-refractivity contribution in [3.63, 3.8) is 0 Å². The highest BCUT2D eigenvalue weighted by molar-refractivity contribution is 6.76. The van der Waals surface area contributed by atoms with Crippen LogP contribution in [-0.2, 0) is 77.3 Å². The van der Waals surface area contributed by atoms with Gasteiger partial charge in [-0.25, -0.2) is 4.79 Å². The molecule has 23 nitrogen and oxygen atoms in total. The molecule has 1 heterocycles. The Labute approximate surface area is 647 Å². The van der Waals surface area contributed by atoms with E-state index < -0.39 is 109 Å². The molecule has 8 rings (SSSR count). The van der Waals surface area contributed by atoms with Crippen LogP contribution in [0, 0.1) is 25.7 Å². The summed E-state index contributed by atoms with van der Waals surface area (Å²) in [6.07, 6.45) is 0.640. The summed E-state index contributed by atoms with van der Waals surface area (Å²) in [5.41, 5.74) is 6.60. The van der Waals surface area contributed by atoms with Crippen LogP contribution in [0.25, 0.3) is 11.1 Å². The van der Waals surface area contributed by atoms with E-state index >= 15 is 4.79 Å². The van der Waals surface area contributed by atoms with E-state index in [1.165, 1.54) is 19.1 Å². The molecule has 5 atom stereocenters. The number of carbonyl (C=O) groups is 11. The van der Waals surface area contributed by atoms with Crippen molar-refractivity contribution in [2.75, 3.05) is 44.7 Å². The van der Waals surface area contributed by atoms with E-state index in [0.717, 1.165) is 45.0 Å². The number of ketones is 2. The molecule has 0 radical (unpaired) electrons. The van der Waals surface area contributed by atoms with Gasteiger partial charge in [0.1, 0.15) is 36.5 Å². The average Bonchev–Trinajstić information content (AvgIpc) is 1.56. The maximum absolute atomic E-state index is 15.1. The summed E-state index contributed by atoms with van der Waals surface area (Å²) in [5, 5.41) is 25.6. The molecule has 110 heavy (non-hydrogen) atoms. The van der Waals surface area contributed by atoms with Crippen LogP contribution in [-0.4, -0.2) is 142 Å². The minimum atomic E-state index is -1.48. The average molecular weight is 1520 g/mol. The molecule has 24 heteroatoms. The number of Topliss-reactive ketones (excluding diaryl/α,β-unsaturated/α-hetero) is 2. The highest BCUT2D eigenvalue weighted by atomic mass is 28.3. The molecular weight excluding hydrogens is 1410 g/mol. The molecule has 0 spiro atoms. The highest BCUT2D eigenvalue weighted by Gasteiger charge is 2.47. The summed E-state index contributed by atoms with van der Waals surface area (Å²) in [7, 11) is -1.42. The third-order valence-electron chi connectivity index (χ3n) is 19.7. The van der Waals surface area contributed by atoms with Crippen molar-refractivity contribution in [3.8, 4) is 16.9 Å². The number of amides is 8. The van der Waals surface area contributed by atoms with Gasteiger partial charge in [-0.15, -0.1) is 0 Å². The molecule has 1 fully saturated rings. The molecule has 6 aromatic rings. The zero-order valence-corrected chi connectivity index (χ0v) is 66.6. The van der Waals surface area contributed by atoms with Gasteiger partial charge in [0.2, 0.25) is 47.1 Å². The minimum absolute atomic E-state index is 0.0196. The molecule has 6 aromatic carbocycles. The number of alkyl carbamates (subject to hydrolysis) is 1. The smallest absolute Gasteiger partial charge is 0.407 e. The molecule has 8 amide bonds. The third kappa shape index (κ3) is 24.5. The first kappa shape index (κ1) is 85.0. The maximum atomic E-state index is 15.1. The van der Waals surface area contributed by atoms with Gasteiger partial charge in [-0.2, -0.15) is 0 Å². The number of anilines is 1. The van der Waals surface area contributed by atoms with Gasteiger partial charge in [-0.3, -0.25) is 53.3 Å². The highest BCUT2D eigenvalue weighted by Crippen LogP contribution is 2.45. The Bertz CT molecular complexity index is 4250. The number of aryl methyl sites for hydroxylation is 3. The zero-order valence-electron chi connectivity index (χ0n) is 65.6. The molecule has 0 bridgehead atoms. The van der Waals surface area contributed by atoms with Gasteiger partial charge in [-0.05, 0) is 158 Å². The second-order valence-corrected chi connectivity index (χ2v) is 37.1. The van der Waals surface area contributed by atoms with Crippen LogP contribution in [0.4, 0.5) is 10.5 Å². The van der Waals surface area contributed by atoms with E-state index in [1.807, 2.05) is 114 Å². The summed E-state index contributed by atoms with van der Waals surface area (Å²) in [5.74, 6) is -6.30. The van der Waals surface area contributed by atoms with E-state index in [9.17, 15) is 47.9 Å². The summed E-state index contributed by atoms with van der Waals surface area (Å²) in [6, 6.07) is 38.5. The van der Waals surface area contributed by atoms with Crippen molar-refractivity contribution in [2.24, 2.45) is 11.8 Å². The fourth-order valence-electron chi connectivity index (χ4n) is 14.1. The minimum Gasteiger partial charge on any atom is -0.494 e. The van der Waals surface area contributed by atoms with E-state index in [0.29, 0.717) is 54.1 Å². The van der Waals surface area contributed by atoms with Gasteiger partial charge in [0.25, 0.3) is 0 Å². The second kappa shape index (κ2) is 39.2. The van der Waals surface area contributed by atoms with Crippen LogP contribution >= 0.6 is 0 Å². The second-order valence-electron chi connectivity index (χ2n) is 31.5. The number of esters is 1. The van der Waals surface area contributed by atoms with E-state index in [-0.39, 0.29) is 99.6 Å². The molecule has 1 aliphatic heterocycles. The van der Waals surface area contributed by atoms with Gasteiger partial charge in [-0.1, -0.05) is 189 Å². The first-order valence-corrected chi connectivity index (χ1v) is 41.7. The van der Waals surface area contributed by atoms with Crippen LogP contribution in [0.1, 0.15) is 148 Å². The van der Waals surface area contributed by atoms with Crippen LogP contribution in [0.15, 0.2) is 152 Å². The number of hydrogen-bond donors (Lipinski definition) is 9. The number of fused-ring (bicyclic) bond motifs is 3. The summed E-state index contributed by atoms with van der Waals surface area (Å²) in [4.78, 5) is 153.